The summed E-state index contributed by atoms with van der Waals surface area (Å²) in [5.74, 6) is -0.731. The highest BCUT2D eigenvalue weighted by Crippen LogP contribution is 2.02. The molecule has 2 unspecified atom stereocenters. The van der Waals surface area contributed by atoms with E-state index in [0.717, 1.165) is 0 Å². The fourth-order valence-electron chi connectivity index (χ4n) is 1.15. The van der Waals surface area contributed by atoms with Gasteiger partial charge < -0.3 is 25.2 Å². The van der Waals surface area contributed by atoms with Crippen molar-refractivity contribution in [2.45, 2.75) is 26.2 Å². The molecule has 0 rings (SSSR count). The van der Waals surface area contributed by atoms with Gasteiger partial charge in [0.25, 0.3) is 0 Å². The molecule has 0 aromatic heterocycles. The van der Waals surface area contributed by atoms with E-state index in [4.69, 9.17) is 14.6 Å². The topological polar surface area (TPSA) is 96.9 Å². The summed E-state index contributed by atoms with van der Waals surface area (Å²) in [7, 11) is 2.94. The van der Waals surface area contributed by atoms with Crippen molar-refractivity contribution in [3.63, 3.8) is 0 Å². The smallest absolute Gasteiger partial charge is 0.404 e. The predicted molar refractivity (Wildman–Crippen MR) is 60.6 cm³/mol. The minimum Gasteiger partial charge on any atom is -0.465 e. The van der Waals surface area contributed by atoms with Gasteiger partial charge in [0.1, 0.15) is 0 Å². The summed E-state index contributed by atoms with van der Waals surface area (Å²) in [5, 5.41) is 13.4. The van der Waals surface area contributed by atoms with Crippen LogP contribution in [0.15, 0.2) is 0 Å². The summed E-state index contributed by atoms with van der Waals surface area (Å²) < 4.78 is 9.82. The first-order chi connectivity index (χ1) is 7.92. The van der Waals surface area contributed by atoms with E-state index >= 15 is 0 Å². The van der Waals surface area contributed by atoms with E-state index in [-0.39, 0.29) is 12.5 Å². The van der Waals surface area contributed by atoms with Crippen molar-refractivity contribution < 1.29 is 24.2 Å². The second kappa shape index (κ2) is 7.86. The molecule has 0 saturated carbocycles. The minimum absolute atomic E-state index is 0.218. The number of carbonyl (C=O) groups excluding carboxylic acids is 1. The first kappa shape index (κ1) is 15.7. The Balaban J connectivity index is 4.08. The standard InChI is InChI=1S/C10H20N2O5/c1-6(7(2)12-10(14)15)9(13)11-5-8(16-3)17-4/h6-8,12H,5H2,1-4H3,(H,11,13)(H,14,15). The van der Waals surface area contributed by atoms with Gasteiger partial charge in [-0.25, -0.2) is 4.79 Å². The van der Waals surface area contributed by atoms with E-state index < -0.39 is 24.3 Å². The number of ether oxygens (including phenoxy) is 2. The van der Waals surface area contributed by atoms with Crippen molar-refractivity contribution in [1.29, 1.82) is 0 Å². The van der Waals surface area contributed by atoms with Gasteiger partial charge in [0, 0.05) is 20.3 Å². The van der Waals surface area contributed by atoms with E-state index in [2.05, 4.69) is 10.6 Å². The zero-order valence-electron chi connectivity index (χ0n) is 10.5. The molecule has 2 atom stereocenters. The predicted octanol–water partition coefficient (Wildman–Crippen LogP) is 0.0137. The fraction of sp³-hybridized carbons (Fsp3) is 0.800. The molecule has 0 aliphatic rings. The van der Waals surface area contributed by atoms with Gasteiger partial charge in [-0.1, -0.05) is 6.92 Å². The van der Waals surface area contributed by atoms with Gasteiger partial charge >= 0.3 is 6.09 Å². The third-order valence-electron chi connectivity index (χ3n) is 2.48. The van der Waals surface area contributed by atoms with Crippen LogP contribution in [0.2, 0.25) is 0 Å². The maximum absolute atomic E-state index is 11.6. The fourth-order valence-corrected chi connectivity index (χ4v) is 1.15. The molecule has 0 radical (unpaired) electrons. The Morgan fingerprint density at radius 1 is 1.24 bits per heavy atom. The Morgan fingerprint density at radius 3 is 2.18 bits per heavy atom. The zero-order chi connectivity index (χ0) is 13.4. The Labute approximate surface area is 100 Å². The number of carboxylic acid groups (broad SMARTS) is 1. The van der Waals surface area contributed by atoms with E-state index in [1.54, 1.807) is 13.8 Å². The number of rotatable bonds is 7. The number of amides is 2. The first-order valence-electron chi connectivity index (χ1n) is 5.25. The lowest BCUT2D eigenvalue weighted by molar-refractivity contribution is -0.131. The molecule has 100 valence electrons. The summed E-state index contributed by atoms with van der Waals surface area (Å²) >= 11 is 0. The Bertz CT molecular complexity index is 255. The minimum atomic E-state index is -1.15. The first-order valence-corrected chi connectivity index (χ1v) is 5.25. The van der Waals surface area contributed by atoms with Crippen molar-refractivity contribution in [2.75, 3.05) is 20.8 Å². The third kappa shape index (κ3) is 6.08. The van der Waals surface area contributed by atoms with Crippen LogP contribution in [0.25, 0.3) is 0 Å². The third-order valence-corrected chi connectivity index (χ3v) is 2.48. The van der Waals surface area contributed by atoms with Gasteiger partial charge in [-0.2, -0.15) is 0 Å². The van der Waals surface area contributed by atoms with Crippen LogP contribution in [0.3, 0.4) is 0 Å². The highest BCUT2D eigenvalue weighted by molar-refractivity contribution is 5.79. The molecule has 0 heterocycles. The average molecular weight is 248 g/mol. The van der Waals surface area contributed by atoms with E-state index in [9.17, 15) is 9.59 Å². The Kier molecular flexibility index (Phi) is 7.24. The molecule has 0 saturated heterocycles. The molecule has 3 N–H and O–H groups in total. The molecule has 0 aromatic rings. The summed E-state index contributed by atoms with van der Waals surface area (Å²) in [5.41, 5.74) is 0. The molecule has 2 amide bonds. The molecule has 7 heteroatoms. The highest BCUT2D eigenvalue weighted by Gasteiger charge is 2.22. The summed E-state index contributed by atoms with van der Waals surface area (Å²) in [6.07, 6.45) is -1.65. The van der Waals surface area contributed by atoms with Crippen LogP contribution >= 0.6 is 0 Å². The molecule has 17 heavy (non-hydrogen) atoms. The quantitative estimate of drug-likeness (QED) is 0.552. The van der Waals surface area contributed by atoms with Gasteiger partial charge in [-0.05, 0) is 6.92 Å². The van der Waals surface area contributed by atoms with Crippen molar-refractivity contribution in [1.82, 2.24) is 10.6 Å². The number of nitrogens with one attached hydrogen (secondary N) is 2. The molecule has 7 nitrogen and oxygen atoms in total. The van der Waals surface area contributed by atoms with Crippen molar-refractivity contribution in [3.05, 3.63) is 0 Å². The Morgan fingerprint density at radius 2 is 1.76 bits per heavy atom. The van der Waals surface area contributed by atoms with Crippen LogP contribution in [-0.2, 0) is 14.3 Å². The van der Waals surface area contributed by atoms with Gasteiger partial charge in [-0.3, -0.25) is 4.79 Å². The second-order valence-corrected chi connectivity index (χ2v) is 3.67. The van der Waals surface area contributed by atoms with Crippen LogP contribution in [0.5, 0.6) is 0 Å². The normalized spacial score (nSPS) is 14.2. The van der Waals surface area contributed by atoms with Crippen LogP contribution in [-0.4, -0.2) is 50.2 Å². The van der Waals surface area contributed by atoms with E-state index in [0.29, 0.717) is 0 Å². The van der Waals surface area contributed by atoms with Gasteiger partial charge in [0.05, 0.1) is 12.5 Å². The van der Waals surface area contributed by atoms with Crippen LogP contribution in [0.1, 0.15) is 13.8 Å². The lowest BCUT2D eigenvalue weighted by Gasteiger charge is -2.20. The van der Waals surface area contributed by atoms with Crippen LogP contribution < -0.4 is 10.6 Å². The molecule has 0 spiro atoms. The van der Waals surface area contributed by atoms with Crippen molar-refractivity contribution >= 4 is 12.0 Å². The van der Waals surface area contributed by atoms with Gasteiger partial charge in [0.2, 0.25) is 5.91 Å². The molecular weight excluding hydrogens is 228 g/mol. The van der Waals surface area contributed by atoms with E-state index in [1.165, 1.54) is 14.2 Å². The van der Waals surface area contributed by atoms with Crippen molar-refractivity contribution in [3.8, 4) is 0 Å². The number of methoxy groups -OCH3 is 2. The van der Waals surface area contributed by atoms with Crippen LogP contribution in [0, 0.1) is 5.92 Å². The SMILES string of the molecule is COC(CNC(=O)C(C)C(C)NC(=O)O)OC. The van der Waals surface area contributed by atoms with Crippen LogP contribution in [0.4, 0.5) is 4.79 Å². The molecule has 0 aromatic carbocycles. The average Bonchev–Trinajstić information content (AvgIpc) is 2.28. The number of hydrogen-bond acceptors (Lipinski definition) is 4. The van der Waals surface area contributed by atoms with E-state index in [1.807, 2.05) is 0 Å². The Hall–Kier alpha value is -1.34. The summed E-state index contributed by atoms with van der Waals surface area (Å²) in [4.78, 5) is 22.1. The molecular formula is C10H20N2O5. The molecule has 0 bridgehead atoms. The maximum atomic E-state index is 11.6. The lowest BCUT2D eigenvalue weighted by atomic mass is 10.0. The highest BCUT2D eigenvalue weighted by atomic mass is 16.7. The summed E-state index contributed by atoms with van der Waals surface area (Å²) in [6.45, 7) is 3.49. The summed E-state index contributed by atoms with van der Waals surface area (Å²) in [6, 6.07) is -0.462. The molecule has 0 aliphatic heterocycles. The largest absolute Gasteiger partial charge is 0.465 e. The molecule has 0 fully saturated rings. The molecule has 0 aliphatic carbocycles. The maximum Gasteiger partial charge on any atom is 0.404 e. The monoisotopic (exact) mass is 248 g/mol. The lowest BCUT2D eigenvalue weighted by Crippen LogP contribution is -2.45. The second-order valence-electron chi connectivity index (χ2n) is 3.67. The number of hydrogen-bond donors (Lipinski definition) is 3. The van der Waals surface area contributed by atoms with Crippen molar-refractivity contribution in [2.24, 2.45) is 5.92 Å². The zero-order valence-corrected chi connectivity index (χ0v) is 10.5. The van der Waals surface area contributed by atoms with Gasteiger partial charge in [-0.15, -0.1) is 0 Å². The number of carbonyl (C=O) groups is 2. The van der Waals surface area contributed by atoms with Gasteiger partial charge in [0.15, 0.2) is 6.29 Å².